The predicted molar refractivity (Wildman–Crippen MR) is 107 cm³/mol. The highest BCUT2D eigenvalue weighted by Crippen LogP contribution is 2.31. The van der Waals surface area contributed by atoms with Crippen LogP contribution in [0.2, 0.25) is 5.02 Å². The average molecular weight is 492 g/mol. The summed E-state index contributed by atoms with van der Waals surface area (Å²) in [6.07, 6.45) is -0.719. The number of rotatable bonds is 7. The summed E-state index contributed by atoms with van der Waals surface area (Å²) in [5, 5.41) is 15.2. The van der Waals surface area contributed by atoms with Crippen molar-refractivity contribution < 1.29 is 31.2 Å². The minimum atomic E-state index is -4.75. The quantitative estimate of drug-likeness (QED) is 0.283. The normalized spacial score (nSPS) is 12.4. The van der Waals surface area contributed by atoms with Crippen LogP contribution in [0, 0.1) is 10.1 Å². The molecule has 0 aliphatic heterocycles. The first-order valence-electron chi connectivity index (χ1n) is 8.52. The van der Waals surface area contributed by atoms with Crippen molar-refractivity contribution in [3.63, 3.8) is 0 Å². The van der Waals surface area contributed by atoms with Gasteiger partial charge >= 0.3 is 6.18 Å². The number of benzene rings is 1. The maximum atomic E-state index is 12.9. The van der Waals surface area contributed by atoms with Gasteiger partial charge in [-0.05, 0) is 18.2 Å². The third-order valence-corrected chi connectivity index (χ3v) is 5.89. The van der Waals surface area contributed by atoms with E-state index in [9.17, 15) is 31.7 Å². The molecule has 0 saturated heterocycles. The Morgan fingerprint density at radius 1 is 1.34 bits per heavy atom. The molecule has 2 aromatic heterocycles. The molecule has 0 aliphatic carbocycles. The van der Waals surface area contributed by atoms with E-state index in [0.717, 1.165) is 25.4 Å². The highest BCUT2D eigenvalue weighted by molar-refractivity contribution is 7.89. The number of nitrogens with zero attached hydrogens (tertiary/aromatic N) is 5. The molecule has 0 atom stereocenters. The summed E-state index contributed by atoms with van der Waals surface area (Å²) in [4.78, 5) is 13.4. The third-order valence-electron chi connectivity index (χ3n) is 4.01. The van der Waals surface area contributed by atoms with Crippen LogP contribution in [0.5, 0.6) is 5.75 Å². The van der Waals surface area contributed by atoms with Crippen LogP contribution >= 0.6 is 11.6 Å². The zero-order valence-electron chi connectivity index (χ0n) is 16.0. The Labute approximate surface area is 183 Å². The lowest BCUT2D eigenvalue weighted by atomic mass is 10.3. The van der Waals surface area contributed by atoms with Gasteiger partial charge in [-0.25, -0.2) is 4.98 Å². The Morgan fingerprint density at radius 2 is 2.06 bits per heavy atom. The number of halogens is 4. The number of fused-ring (bicyclic) bond motifs is 1. The number of hydrogen-bond donors (Lipinski definition) is 0. The van der Waals surface area contributed by atoms with Crippen molar-refractivity contribution in [2.45, 2.75) is 11.1 Å². The van der Waals surface area contributed by atoms with E-state index in [1.807, 2.05) is 0 Å². The molecule has 32 heavy (non-hydrogen) atoms. The summed E-state index contributed by atoms with van der Waals surface area (Å²) < 4.78 is 70.0. The lowest BCUT2D eigenvalue weighted by Gasteiger charge is -2.17. The zero-order chi connectivity index (χ0) is 23.7. The van der Waals surface area contributed by atoms with Gasteiger partial charge in [0, 0.05) is 25.4 Å². The van der Waals surface area contributed by atoms with Crippen LogP contribution in [0.4, 0.5) is 18.9 Å². The van der Waals surface area contributed by atoms with Crippen molar-refractivity contribution in [2.24, 2.45) is 5.10 Å². The van der Waals surface area contributed by atoms with Gasteiger partial charge in [-0.2, -0.15) is 31.1 Å². The molecule has 10 nitrogen and oxygen atoms in total. The molecule has 3 aromatic rings. The molecule has 170 valence electrons. The second-order valence-corrected chi connectivity index (χ2v) is 8.59. The molecule has 0 unspecified atom stereocenters. The Kier molecular flexibility index (Phi) is 6.27. The fourth-order valence-electron chi connectivity index (χ4n) is 2.50. The Bertz CT molecular complexity index is 1310. The van der Waals surface area contributed by atoms with E-state index in [2.05, 4.69) is 14.8 Å². The molecular weight excluding hydrogens is 479 g/mol. The van der Waals surface area contributed by atoms with E-state index in [1.54, 1.807) is 12.1 Å². The molecule has 0 aliphatic rings. The van der Waals surface area contributed by atoms with Crippen molar-refractivity contribution in [2.75, 3.05) is 13.7 Å². The number of aromatic nitrogens is 2. The molecule has 15 heteroatoms. The lowest BCUT2D eigenvalue weighted by molar-refractivity contribution is -0.385. The summed E-state index contributed by atoms with van der Waals surface area (Å²) in [6.45, 7) is -1.79. The topological polar surface area (TPSA) is 119 Å². The number of imidazole rings is 1. The smallest absolute Gasteiger partial charge is 0.422 e. The number of nitro groups is 1. The minimum Gasteiger partial charge on any atom is -0.483 e. The molecule has 0 amide bonds. The number of pyridine rings is 1. The number of hydrazone groups is 1. The average Bonchev–Trinajstić information content (AvgIpc) is 3.11. The van der Waals surface area contributed by atoms with Crippen LogP contribution in [0.15, 0.2) is 52.7 Å². The first-order chi connectivity index (χ1) is 14.9. The number of hydrogen-bond acceptors (Lipinski definition) is 7. The molecule has 0 fully saturated rings. The molecule has 0 N–H and O–H groups in total. The van der Waals surface area contributed by atoms with Gasteiger partial charge in [-0.15, -0.1) is 0 Å². The first-order valence-corrected chi connectivity index (χ1v) is 10.3. The van der Waals surface area contributed by atoms with Crippen molar-refractivity contribution in [1.82, 2.24) is 13.8 Å². The largest absolute Gasteiger partial charge is 0.483 e. The summed E-state index contributed by atoms with van der Waals surface area (Å²) in [5.41, 5.74) is 0.191. The maximum Gasteiger partial charge on any atom is 0.422 e. The van der Waals surface area contributed by atoms with Crippen LogP contribution < -0.4 is 4.74 Å². The van der Waals surface area contributed by atoms with E-state index in [4.69, 9.17) is 11.6 Å². The fourth-order valence-corrected chi connectivity index (χ4v) is 3.77. The molecule has 3 rings (SSSR count). The van der Waals surface area contributed by atoms with Crippen LogP contribution in [0.3, 0.4) is 0 Å². The van der Waals surface area contributed by atoms with Crippen molar-refractivity contribution in [3.05, 3.63) is 63.6 Å². The third kappa shape index (κ3) is 5.08. The Balaban J connectivity index is 1.97. The van der Waals surface area contributed by atoms with Gasteiger partial charge in [0.2, 0.25) is 0 Å². The van der Waals surface area contributed by atoms with Crippen LogP contribution in [0.1, 0.15) is 5.69 Å². The molecule has 1 aromatic carbocycles. The van der Waals surface area contributed by atoms with Gasteiger partial charge in [0.15, 0.2) is 6.61 Å². The van der Waals surface area contributed by atoms with E-state index in [0.29, 0.717) is 26.8 Å². The minimum absolute atomic E-state index is 0.345. The van der Waals surface area contributed by atoms with Crippen LogP contribution in [-0.2, 0) is 10.0 Å². The molecule has 0 spiro atoms. The second-order valence-electron chi connectivity index (χ2n) is 6.23. The van der Waals surface area contributed by atoms with Crippen molar-refractivity contribution in [1.29, 1.82) is 0 Å². The zero-order valence-corrected chi connectivity index (χ0v) is 17.6. The SMILES string of the molecule is CN(/N=C/c1cnc2ccc(Cl)cn12)S(=O)(=O)c1cc([N+](=O)[O-])ccc1OCC(F)(F)F. The van der Waals surface area contributed by atoms with Crippen molar-refractivity contribution in [3.8, 4) is 5.75 Å². The number of alkyl halides is 3. The lowest BCUT2D eigenvalue weighted by Crippen LogP contribution is -2.24. The summed E-state index contributed by atoms with van der Waals surface area (Å²) in [7, 11) is -3.62. The Morgan fingerprint density at radius 3 is 2.72 bits per heavy atom. The standard InChI is InChI=1S/C17H13ClF3N5O5S/c1-24(23-8-13-7-22-16-5-2-11(18)9-25(13)16)32(29,30)15-6-12(26(27)28)3-4-14(15)31-10-17(19,20)21/h2-9H,10H2,1H3/b23-8+. The van der Waals surface area contributed by atoms with E-state index in [-0.39, 0.29) is 0 Å². The molecule has 0 bridgehead atoms. The van der Waals surface area contributed by atoms with Gasteiger partial charge < -0.3 is 4.74 Å². The van der Waals surface area contributed by atoms with Gasteiger partial charge in [0.1, 0.15) is 16.3 Å². The highest BCUT2D eigenvalue weighted by Gasteiger charge is 2.32. The van der Waals surface area contributed by atoms with Gasteiger partial charge in [-0.3, -0.25) is 14.5 Å². The maximum absolute atomic E-state index is 12.9. The number of sulfonamides is 1. The fraction of sp³-hybridized carbons (Fsp3) is 0.176. The molecule has 0 saturated carbocycles. The van der Waals surface area contributed by atoms with E-state index in [1.165, 1.54) is 16.8 Å². The summed E-state index contributed by atoms with van der Waals surface area (Å²) in [6, 6.07) is 5.43. The molecule has 0 radical (unpaired) electrons. The van der Waals surface area contributed by atoms with E-state index >= 15 is 0 Å². The summed E-state index contributed by atoms with van der Waals surface area (Å²) in [5.74, 6) is -0.712. The second kappa shape index (κ2) is 8.63. The number of ether oxygens (including phenoxy) is 1. The van der Waals surface area contributed by atoms with Crippen molar-refractivity contribution >= 4 is 39.2 Å². The van der Waals surface area contributed by atoms with Crippen LogP contribution in [0.25, 0.3) is 5.65 Å². The summed E-state index contributed by atoms with van der Waals surface area (Å²) >= 11 is 5.93. The van der Waals surface area contributed by atoms with Gasteiger partial charge in [0.25, 0.3) is 15.7 Å². The highest BCUT2D eigenvalue weighted by atomic mass is 35.5. The van der Waals surface area contributed by atoms with Gasteiger partial charge in [0.05, 0.1) is 28.1 Å². The first kappa shape index (κ1) is 23.3. The molecule has 2 heterocycles. The number of non-ortho nitro benzene ring substituents is 1. The number of nitro benzene ring substituents is 1. The Hall–Kier alpha value is -3.39. The predicted octanol–water partition coefficient (Wildman–Crippen LogP) is 3.49. The van der Waals surface area contributed by atoms with E-state index < -0.39 is 44.1 Å². The molecular formula is C17H13ClF3N5O5S. The van der Waals surface area contributed by atoms with Crippen LogP contribution in [-0.4, -0.2) is 53.2 Å². The monoisotopic (exact) mass is 491 g/mol. The van der Waals surface area contributed by atoms with Gasteiger partial charge in [-0.1, -0.05) is 11.6 Å².